The van der Waals surface area contributed by atoms with E-state index in [-0.39, 0.29) is 29.1 Å². The number of nitrogens with zero attached hydrogens (tertiary/aromatic N) is 1. The molecule has 1 saturated heterocycles. The maximum atomic E-state index is 12.7. The average molecular weight is 352 g/mol. The van der Waals surface area contributed by atoms with Gasteiger partial charge in [0.2, 0.25) is 0 Å². The molecule has 24 heavy (non-hydrogen) atoms. The van der Waals surface area contributed by atoms with E-state index in [9.17, 15) is 13.2 Å². The van der Waals surface area contributed by atoms with E-state index in [0.29, 0.717) is 13.0 Å². The van der Waals surface area contributed by atoms with Gasteiger partial charge in [0.15, 0.2) is 9.84 Å². The standard InChI is InChI=1S/C17H24N2O4S/c1-3-19(14-8-11-24(21,22)12-14)16(20)18-17(9-10-17)13-4-6-15(23-2)7-5-13/h4-7,14H,3,8-12H2,1-2H3,(H,18,20). The maximum Gasteiger partial charge on any atom is 0.318 e. The molecule has 0 spiro atoms. The number of amides is 2. The van der Waals surface area contributed by atoms with Crippen molar-refractivity contribution in [2.45, 2.75) is 37.8 Å². The summed E-state index contributed by atoms with van der Waals surface area (Å²) in [5.74, 6) is 1.03. The SMILES string of the molecule is CCN(C(=O)NC1(c2ccc(OC)cc2)CC1)C1CCS(=O)(=O)C1. The lowest BCUT2D eigenvalue weighted by atomic mass is 10.0. The third-order valence-electron chi connectivity index (χ3n) is 4.99. The molecule has 7 heteroatoms. The van der Waals surface area contributed by atoms with Gasteiger partial charge >= 0.3 is 6.03 Å². The van der Waals surface area contributed by atoms with Gasteiger partial charge in [-0.15, -0.1) is 0 Å². The number of sulfone groups is 1. The van der Waals surface area contributed by atoms with E-state index < -0.39 is 9.84 Å². The Labute approximate surface area is 143 Å². The molecule has 2 fully saturated rings. The summed E-state index contributed by atoms with van der Waals surface area (Å²) < 4.78 is 28.6. The zero-order chi connectivity index (χ0) is 17.4. The number of carbonyl (C=O) groups excluding carboxylic acids is 1. The molecule has 1 unspecified atom stereocenters. The van der Waals surface area contributed by atoms with Crippen molar-refractivity contribution in [3.05, 3.63) is 29.8 Å². The fraction of sp³-hybridized carbons (Fsp3) is 0.588. The third kappa shape index (κ3) is 3.36. The predicted octanol–water partition coefficient (Wildman–Crippen LogP) is 1.90. The molecule has 0 radical (unpaired) electrons. The van der Waals surface area contributed by atoms with Crippen molar-refractivity contribution in [2.75, 3.05) is 25.2 Å². The molecule has 2 aliphatic rings. The molecule has 0 aromatic heterocycles. The van der Waals surface area contributed by atoms with E-state index in [1.807, 2.05) is 31.2 Å². The molecule has 1 heterocycles. The quantitative estimate of drug-likeness (QED) is 0.878. The van der Waals surface area contributed by atoms with Crippen LogP contribution in [-0.2, 0) is 15.4 Å². The molecule has 0 bridgehead atoms. The van der Waals surface area contributed by atoms with Gasteiger partial charge < -0.3 is 15.0 Å². The molecule has 1 aromatic rings. The highest BCUT2D eigenvalue weighted by molar-refractivity contribution is 7.91. The van der Waals surface area contributed by atoms with E-state index in [1.165, 1.54) is 0 Å². The van der Waals surface area contributed by atoms with Crippen molar-refractivity contribution in [2.24, 2.45) is 0 Å². The van der Waals surface area contributed by atoms with Gasteiger partial charge in [0, 0.05) is 12.6 Å². The van der Waals surface area contributed by atoms with E-state index in [0.717, 1.165) is 24.2 Å². The van der Waals surface area contributed by atoms with E-state index in [1.54, 1.807) is 12.0 Å². The van der Waals surface area contributed by atoms with Gasteiger partial charge in [0.25, 0.3) is 0 Å². The molecule has 1 atom stereocenters. The lowest BCUT2D eigenvalue weighted by Crippen LogP contribution is -2.49. The molecule has 6 nitrogen and oxygen atoms in total. The Kier molecular flexibility index (Phi) is 4.46. The van der Waals surface area contributed by atoms with Crippen LogP contribution in [0.3, 0.4) is 0 Å². The minimum absolute atomic E-state index is 0.0732. The minimum atomic E-state index is -3.01. The van der Waals surface area contributed by atoms with Gasteiger partial charge in [-0.05, 0) is 43.9 Å². The molecule has 1 aliphatic heterocycles. The van der Waals surface area contributed by atoms with Gasteiger partial charge in [-0.2, -0.15) is 0 Å². The summed E-state index contributed by atoms with van der Waals surface area (Å²) in [5.41, 5.74) is 0.737. The van der Waals surface area contributed by atoms with E-state index in [2.05, 4.69) is 5.32 Å². The molecule has 1 N–H and O–H groups in total. The summed E-state index contributed by atoms with van der Waals surface area (Å²) >= 11 is 0. The Hall–Kier alpha value is -1.76. The Bertz CT molecular complexity index is 711. The van der Waals surface area contributed by atoms with Crippen LogP contribution < -0.4 is 10.1 Å². The summed E-state index contributed by atoms with van der Waals surface area (Å²) in [6, 6.07) is 7.34. The first-order chi connectivity index (χ1) is 11.4. The lowest BCUT2D eigenvalue weighted by molar-refractivity contribution is 0.178. The average Bonchev–Trinajstić information content (AvgIpc) is 3.25. The molecule has 1 saturated carbocycles. The van der Waals surface area contributed by atoms with Crippen molar-refractivity contribution < 1.29 is 17.9 Å². The summed E-state index contributed by atoms with van der Waals surface area (Å²) in [6.07, 6.45) is 2.32. The van der Waals surface area contributed by atoms with Crippen LogP contribution in [0.2, 0.25) is 0 Å². The summed E-state index contributed by atoms with van der Waals surface area (Å²) in [7, 11) is -1.38. The highest BCUT2D eigenvalue weighted by atomic mass is 32.2. The largest absolute Gasteiger partial charge is 0.497 e. The highest BCUT2D eigenvalue weighted by Gasteiger charge is 2.47. The number of nitrogens with one attached hydrogen (secondary N) is 1. The second kappa shape index (κ2) is 6.27. The van der Waals surface area contributed by atoms with Crippen LogP contribution in [0.1, 0.15) is 31.7 Å². The predicted molar refractivity (Wildman–Crippen MR) is 91.9 cm³/mol. The molecular formula is C17H24N2O4S. The molecule has 1 aromatic carbocycles. The molecular weight excluding hydrogens is 328 g/mol. The van der Waals surface area contributed by atoms with Crippen molar-refractivity contribution in [3.63, 3.8) is 0 Å². The van der Waals surface area contributed by atoms with Crippen molar-refractivity contribution in [3.8, 4) is 5.75 Å². The van der Waals surface area contributed by atoms with Gasteiger partial charge in [-0.3, -0.25) is 0 Å². The number of urea groups is 1. The smallest absolute Gasteiger partial charge is 0.318 e. The van der Waals surface area contributed by atoms with Crippen molar-refractivity contribution in [1.29, 1.82) is 0 Å². The lowest BCUT2D eigenvalue weighted by Gasteiger charge is -2.30. The summed E-state index contributed by atoms with van der Waals surface area (Å²) in [4.78, 5) is 14.4. The Morgan fingerprint density at radius 3 is 2.46 bits per heavy atom. The van der Waals surface area contributed by atoms with Crippen LogP contribution >= 0.6 is 0 Å². The molecule has 1 aliphatic carbocycles. The second-order valence-corrected chi connectivity index (χ2v) is 8.81. The van der Waals surface area contributed by atoms with Crippen LogP contribution in [0, 0.1) is 0 Å². The Balaban J connectivity index is 1.70. The van der Waals surface area contributed by atoms with Gasteiger partial charge in [-0.25, -0.2) is 13.2 Å². The van der Waals surface area contributed by atoms with Crippen LogP contribution in [0.5, 0.6) is 5.75 Å². The first-order valence-electron chi connectivity index (χ1n) is 8.33. The molecule has 3 rings (SSSR count). The van der Waals surface area contributed by atoms with Gasteiger partial charge in [-0.1, -0.05) is 12.1 Å². The zero-order valence-electron chi connectivity index (χ0n) is 14.1. The minimum Gasteiger partial charge on any atom is -0.497 e. The number of methoxy groups -OCH3 is 1. The first kappa shape index (κ1) is 17.1. The zero-order valence-corrected chi connectivity index (χ0v) is 14.9. The number of hydrogen-bond donors (Lipinski definition) is 1. The fourth-order valence-corrected chi connectivity index (χ4v) is 5.12. The van der Waals surface area contributed by atoms with Crippen LogP contribution in [-0.4, -0.2) is 50.6 Å². The van der Waals surface area contributed by atoms with Gasteiger partial charge in [0.1, 0.15) is 5.75 Å². The maximum absolute atomic E-state index is 12.7. The monoisotopic (exact) mass is 352 g/mol. The van der Waals surface area contributed by atoms with E-state index >= 15 is 0 Å². The number of hydrogen-bond acceptors (Lipinski definition) is 4. The third-order valence-corrected chi connectivity index (χ3v) is 6.74. The molecule has 132 valence electrons. The normalized spacial score (nSPS) is 23.5. The Morgan fingerprint density at radius 1 is 1.33 bits per heavy atom. The number of rotatable bonds is 5. The highest BCUT2D eigenvalue weighted by Crippen LogP contribution is 2.46. The van der Waals surface area contributed by atoms with E-state index in [4.69, 9.17) is 4.74 Å². The summed E-state index contributed by atoms with van der Waals surface area (Å²) in [5, 5.41) is 3.13. The number of carbonyl (C=O) groups is 1. The van der Waals surface area contributed by atoms with Crippen LogP contribution in [0.15, 0.2) is 24.3 Å². The first-order valence-corrected chi connectivity index (χ1v) is 10.1. The topological polar surface area (TPSA) is 75.7 Å². The molecule has 2 amide bonds. The van der Waals surface area contributed by atoms with Gasteiger partial charge in [0.05, 0.1) is 24.2 Å². The summed E-state index contributed by atoms with van der Waals surface area (Å²) in [6.45, 7) is 2.39. The van der Waals surface area contributed by atoms with Crippen LogP contribution in [0.4, 0.5) is 4.79 Å². The van der Waals surface area contributed by atoms with Crippen LogP contribution in [0.25, 0.3) is 0 Å². The second-order valence-electron chi connectivity index (χ2n) is 6.58. The number of benzene rings is 1. The van der Waals surface area contributed by atoms with Crippen molar-refractivity contribution >= 4 is 15.9 Å². The van der Waals surface area contributed by atoms with Crippen molar-refractivity contribution in [1.82, 2.24) is 10.2 Å². The Morgan fingerprint density at radius 2 is 2.00 bits per heavy atom. The fourth-order valence-electron chi connectivity index (χ4n) is 3.39. The number of ether oxygens (including phenoxy) is 1.